The van der Waals surface area contributed by atoms with Crippen molar-refractivity contribution in [1.82, 2.24) is 16.2 Å². The van der Waals surface area contributed by atoms with E-state index in [9.17, 15) is 4.79 Å². The molecule has 0 atom stereocenters. The Kier molecular flexibility index (Phi) is 6.03. The Morgan fingerprint density at radius 3 is 2.59 bits per heavy atom. The SMILES string of the molecule is CCCC(=O)NNC(=S)NCc1ccccc1. The Balaban J connectivity index is 2.20. The predicted octanol–water partition coefficient (Wildman–Crippen LogP) is 1.48. The van der Waals surface area contributed by atoms with Crippen LogP contribution in [0.5, 0.6) is 0 Å². The predicted molar refractivity (Wildman–Crippen MR) is 72.1 cm³/mol. The summed E-state index contributed by atoms with van der Waals surface area (Å²) < 4.78 is 0. The summed E-state index contributed by atoms with van der Waals surface area (Å²) in [6.07, 6.45) is 1.31. The van der Waals surface area contributed by atoms with Crippen molar-refractivity contribution in [2.45, 2.75) is 26.3 Å². The summed E-state index contributed by atoms with van der Waals surface area (Å²) in [6, 6.07) is 9.91. The number of benzene rings is 1. The summed E-state index contributed by atoms with van der Waals surface area (Å²) >= 11 is 5.02. The van der Waals surface area contributed by atoms with Crippen LogP contribution in [0.3, 0.4) is 0 Å². The molecule has 1 rings (SSSR count). The van der Waals surface area contributed by atoms with Crippen LogP contribution in [0, 0.1) is 0 Å². The molecule has 1 aromatic rings. The van der Waals surface area contributed by atoms with Crippen LogP contribution in [-0.2, 0) is 11.3 Å². The average Bonchev–Trinajstić information content (AvgIpc) is 2.35. The molecule has 92 valence electrons. The molecule has 4 nitrogen and oxygen atoms in total. The summed E-state index contributed by atoms with van der Waals surface area (Å²) in [4.78, 5) is 11.2. The molecule has 17 heavy (non-hydrogen) atoms. The number of carbonyl (C=O) groups is 1. The zero-order valence-electron chi connectivity index (χ0n) is 9.82. The molecule has 0 heterocycles. The maximum Gasteiger partial charge on any atom is 0.238 e. The Hall–Kier alpha value is -1.62. The summed E-state index contributed by atoms with van der Waals surface area (Å²) in [7, 11) is 0. The third-order valence-electron chi connectivity index (χ3n) is 2.09. The van der Waals surface area contributed by atoms with Crippen LogP contribution in [0.4, 0.5) is 0 Å². The fourth-order valence-electron chi connectivity index (χ4n) is 1.24. The first-order valence-corrected chi connectivity index (χ1v) is 5.99. The highest BCUT2D eigenvalue weighted by Crippen LogP contribution is 1.96. The molecule has 0 aromatic heterocycles. The quantitative estimate of drug-likeness (QED) is 0.560. The minimum Gasteiger partial charge on any atom is -0.357 e. The number of hydrogen-bond donors (Lipinski definition) is 3. The van der Waals surface area contributed by atoms with Gasteiger partial charge >= 0.3 is 0 Å². The van der Waals surface area contributed by atoms with Crippen LogP contribution in [0.2, 0.25) is 0 Å². The van der Waals surface area contributed by atoms with E-state index in [1.54, 1.807) is 0 Å². The van der Waals surface area contributed by atoms with Crippen LogP contribution in [-0.4, -0.2) is 11.0 Å². The fraction of sp³-hybridized carbons (Fsp3) is 0.333. The smallest absolute Gasteiger partial charge is 0.238 e. The molecule has 0 aliphatic carbocycles. The van der Waals surface area contributed by atoms with Gasteiger partial charge in [-0.2, -0.15) is 0 Å². The van der Waals surface area contributed by atoms with Crippen LogP contribution in [0.15, 0.2) is 30.3 Å². The minimum atomic E-state index is -0.0589. The molecule has 0 aliphatic rings. The Morgan fingerprint density at radius 1 is 1.24 bits per heavy atom. The number of thiocarbonyl (C=S) groups is 1. The lowest BCUT2D eigenvalue weighted by Gasteiger charge is -2.11. The van der Waals surface area contributed by atoms with Crippen molar-refractivity contribution in [3.05, 3.63) is 35.9 Å². The molecule has 0 radical (unpaired) electrons. The highest BCUT2D eigenvalue weighted by molar-refractivity contribution is 7.80. The topological polar surface area (TPSA) is 53.2 Å². The molecular weight excluding hydrogens is 234 g/mol. The molecular formula is C12H17N3OS. The van der Waals surface area contributed by atoms with Crippen molar-refractivity contribution < 1.29 is 4.79 Å². The maximum absolute atomic E-state index is 11.2. The second-order valence-electron chi connectivity index (χ2n) is 3.59. The van der Waals surface area contributed by atoms with Gasteiger partial charge in [0.25, 0.3) is 0 Å². The third-order valence-corrected chi connectivity index (χ3v) is 2.33. The van der Waals surface area contributed by atoms with Gasteiger partial charge in [-0.1, -0.05) is 37.3 Å². The second kappa shape index (κ2) is 7.62. The van der Waals surface area contributed by atoms with Gasteiger partial charge in [-0.05, 0) is 24.2 Å². The van der Waals surface area contributed by atoms with Crippen LogP contribution < -0.4 is 16.2 Å². The largest absolute Gasteiger partial charge is 0.357 e. The average molecular weight is 251 g/mol. The molecule has 1 amide bonds. The van der Waals surface area contributed by atoms with Gasteiger partial charge < -0.3 is 5.32 Å². The minimum absolute atomic E-state index is 0.0589. The van der Waals surface area contributed by atoms with Crippen molar-refractivity contribution >= 4 is 23.2 Å². The number of hydrogen-bond acceptors (Lipinski definition) is 2. The van der Waals surface area contributed by atoms with Gasteiger partial charge in [0.1, 0.15) is 0 Å². The van der Waals surface area contributed by atoms with E-state index in [1.807, 2.05) is 37.3 Å². The van der Waals surface area contributed by atoms with E-state index in [1.165, 1.54) is 0 Å². The van der Waals surface area contributed by atoms with Gasteiger partial charge in [-0.3, -0.25) is 15.6 Å². The van der Waals surface area contributed by atoms with Crippen LogP contribution in [0.1, 0.15) is 25.3 Å². The van der Waals surface area contributed by atoms with Gasteiger partial charge in [-0.15, -0.1) is 0 Å². The molecule has 0 spiro atoms. The molecule has 0 aliphatic heterocycles. The fourth-order valence-corrected chi connectivity index (χ4v) is 1.36. The molecule has 0 bridgehead atoms. The normalized spacial score (nSPS) is 9.47. The summed E-state index contributed by atoms with van der Waals surface area (Å²) in [5.41, 5.74) is 6.32. The highest BCUT2D eigenvalue weighted by Gasteiger charge is 1.99. The van der Waals surface area contributed by atoms with Gasteiger partial charge in [0.15, 0.2) is 5.11 Å². The van der Waals surface area contributed by atoms with Gasteiger partial charge in [0.05, 0.1) is 0 Å². The van der Waals surface area contributed by atoms with E-state index in [0.29, 0.717) is 18.1 Å². The molecule has 0 unspecified atom stereocenters. The third kappa shape index (κ3) is 5.87. The van der Waals surface area contributed by atoms with E-state index in [-0.39, 0.29) is 5.91 Å². The van der Waals surface area contributed by atoms with Gasteiger partial charge in [0, 0.05) is 13.0 Å². The first kappa shape index (κ1) is 13.4. The summed E-state index contributed by atoms with van der Waals surface area (Å²) in [6.45, 7) is 2.59. The maximum atomic E-state index is 11.2. The molecule has 0 saturated heterocycles. The first-order valence-electron chi connectivity index (χ1n) is 5.59. The van der Waals surface area contributed by atoms with Gasteiger partial charge in [0.2, 0.25) is 5.91 Å². The molecule has 0 saturated carbocycles. The first-order chi connectivity index (χ1) is 8.22. The van der Waals surface area contributed by atoms with E-state index < -0.39 is 0 Å². The van der Waals surface area contributed by atoms with Crippen molar-refractivity contribution in [1.29, 1.82) is 0 Å². The van der Waals surface area contributed by atoms with Crippen LogP contribution >= 0.6 is 12.2 Å². The Morgan fingerprint density at radius 2 is 1.94 bits per heavy atom. The highest BCUT2D eigenvalue weighted by atomic mass is 32.1. The Labute approximate surface area is 107 Å². The van der Waals surface area contributed by atoms with Crippen LogP contribution in [0.25, 0.3) is 0 Å². The van der Waals surface area contributed by atoms with Crippen molar-refractivity contribution in [3.63, 3.8) is 0 Å². The van der Waals surface area contributed by atoms with E-state index in [0.717, 1.165) is 12.0 Å². The molecule has 1 aromatic carbocycles. The number of rotatable bonds is 4. The zero-order chi connectivity index (χ0) is 12.5. The lowest BCUT2D eigenvalue weighted by molar-refractivity contribution is -0.121. The monoisotopic (exact) mass is 251 g/mol. The Bertz CT molecular complexity index is 367. The van der Waals surface area contributed by atoms with Crippen molar-refractivity contribution in [2.75, 3.05) is 0 Å². The number of carbonyl (C=O) groups excluding carboxylic acids is 1. The summed E-state index contributed by atoms with van der Waals surface area (Å²) in [5, 5.41) is 3.42. The van der Waals surface area contributed by atoms with E-state index in [2.05, 4.69) is 16.2 Å². The van der Waals surface area contributed by atoms with E-state index in [4.69, 9.17) is 12.2 Å². The van der Waals surface area contributed by atoms with Gasteiger partial charge in [-0.25, -0.2) is 0 Å². The lowest BCUT2D eigenvalue weighted by Crippen LogP contribution is -2.46. The number of amides is 1. The summed E-state index contributed by atoms with van der Waals surface area (Å²) in [5.74, 6) is -0.0589. The molecule has 3 N–H and O–H groups in total. The molecule has 0 fully saturated rings. The number of nitrogens with one attached hydrogen (secondary N) is 3. The lowest BCUT2D eigenvalue weighted by atomic mass is 10.2. The molecule has 5 heteroatoms. The second-order valence-corrected chi connectivity index (χ2v) is 4.00. The van der Waals surface area contributed by atoms with E-state index >= 15 is 0 Å². The van der Waals surface area contributed by atoms with Crippen molar-refractivity contribution in [3.8, 4) is 0 Å². The van der Waals surface area contributed by atoms with Crippen molar-refractivity contribution in [2.24, 2.45) is 0 Å². The number of hydrazine groups is 1. The standard InChI is InChI=1S/C12H17N3OS/c1-2-6-11(16)14-15-12(17)13-9-10-7-4-3-5-8-10/h3-5,7-8H,2,6,9H2,1H3,(H,14,16)(H2,13,15,17). The zero-order valence-corrected chi connectivity index (χ0v) is 10.6.